The standard InChI is InChI=1S/C15H27N3/c1-4-13(14-16-10-11-17-14)18-12-6-5-8-15(2,3)9-7-12/h10-13,18H,4-9H2,1-3H3,(H,16,17). The Balaban J connectivity index is 1.92. The van der Waals surface area contributed by atoms with Gasteiger partial charge in [-0.25, -0.2) is 4.98 Å². The Bertz CT molecular complexity index is 343. The quantitative estimate of drug-likeness (QED) is 0.797. The van der Waals surface area contributed by atoms with Gasteiger partial charge in [-0.3, -0.25) is 0 Å². The molecule has 2 unspecified atom stereocenters. The molecule has 0 amide bonds. The van der Waals surface area contributed by atoms with Crippen LogP contribution in [0, 0.1) is 5.41 Å². The molecule has 1 fully saturated rings. The Morgan fingerprint density at radius 1 is 1.44 bits per heavy atom. The largest absolute Gasteiger partial charge is 0.347 e. The maximum atomic E-state index is 4.39. The third-order valence-corrected chi connectivity index (χ3v) is 4.27. The number of imidazole rings is 1. The van der Waals surface area contributed by atoms with Gasteiger partial charge in [0.25, 0.3) is 0 Å². The monoisotopic (exact) mass is 249 g/mol. The van der Waals surface area contributed by atoms with Gasteiger partial charge in [-0.05, 0) is 37.5 Å². The second-order valence-electron chi connectivity index (χ2n) is 6.39. The molecule has 2 atom stereocenters. The van der Waals surface area contributed by atoms with E-state index in [-0.39, 0.29) is 0 Å². The minimum Gasteiger partial charge on any atom is -0.347 e. The first-order valence-electron chi connectivity index (χ1n) is 7.36. The molecule has 1 aliphatic rings. The van der Waals surface area contributed by atoms with E-state index in [1.807, 2.05) is 12.4 Å². The molecule has 1 saturated carbocycles. The third kappa shape index (κ3) is 3.58. The number of aromatic nitrogens is 2. The molecule has 1 aromatic rings. The van der Waals surface area contributed by atoms with Crippen LogP contribution < -0.4 is 5.32 Å². The summed E-state index contributed by atoms with van der Waals surface area (Å²) >= 11 is 0. The highest BCUT2D eigenvalue weighted by Gasteiger charge is 2.25. The van der Waals surface area contributed by atoms with Gasteiger partial charge in [-0.2, -0.15) is 0 Å². The van der Waals surface area contributed by atoms with Crippen LogP contribution in [0.25, 0.3) is 0 Å². The summed E-state index contributed by atoms with van der Waals surface area (Å²) < 4.78 is 0. The Hall–Kier alpha value is -0.830. The molecule has 0 spiro atoms. The molecule has 0 radical (unpaired) electrons. The van der Waals surface area contributed by atoms with E-state index in [1.54, 1.807) is 0 Å². The molecule has 3 heteroatoms. The molecule has 2 rings (SSSR count). The van der Waals surface area contributed by atoms with Crippen LogP contribution in [-0.4, -0.2) is 16.0 Å². The zero-order valence-corrected chi connectivity index (χ0v) is 12.0. The molecule has 1 heterocycles. The smallest absolute Gasteiger partial charge is 0.123 e. The second kappa shape index (κ2) is 5.87. The maximum absolute atomic E-state index is 4.39. The molecule has 0 saturated heterocycles. The first-order valence-corrected chi connectivity index (χ1v) is 7.36. The average molecular weight is 249 g/mol. The highest BCUT2D eigenvalue weighted by atomic mass is 15.0. The molecular weight excluding hydrogens is 222 g/mol. The van der Waals surface area contributed by atoms with Crippen LogP contribution in [0.4, 0.5) is 0 Å². The lowest BCUT2D eigenvalue weighted by Crippen LogP contribution is -2.33. The van der Waals surface area contributed by atoms with Crippen molar-refractivity contribution >= 4 is 0 Å². The number of aromatic amines is 1. The number of hydrogen-bond acceptors (Lipinski definition) is 2. The predicted molar refractivity (Wildman–Crippen MR) is 75.4 cm³/mol. The Labute approximate surface area is 111 Å². The molecule has 0 aromatic carbocycles. The van der Waals surface area contributed by atoms with Crippen molar-refractivity contribution < 1.29 is 0 Å². The number of nitrogens with zero attached hydrogens (tertiary/aromatic N) is 1. The normalized spacial score (nSPS) is 25.6. The highest BCUT2D eigenvalue weighted by Crippen LogP contribution is 2.34. The molecule has 18 heavy (non-hydrogen) atoms. The minimum atomic E-state index is 0.381. The van der Waals surface area contributed by atoms with Gasteiger partial charge in [0.05, 0.1) is 6.04 Å². The number of H-pyrrole nitrogens is 1. The summed E-state index contributed by atoms with van der Waals surface area (Å²) in [5, 5.41) is 3.79. The summed E-state index contributed by atoms with van der Waals surface area (Å²) in [4.78, 5) is 7.62. The molecule has 1 aromatic heterocycles. The van der Waals surface area contributed by atoms with Crippen molar-refractivity contribution in [1.82, 2.24) is 15.3 Å². The van der Waals surface area contributed by atoms with Gasteiger partial charge in [0, 0.05) is 18.4 Å². The van der Waals surface area contributed by atoms with E-state index < -0.39 is 0 Å². The van der Waals surface area contributed by atoms with Crippen molar-refractivity contribution in [2.45, 2.75) is 71.4 Å². The fourth-order valence-corrected chi connectivity index (χ4v) is 2.97. The molecule has 102 valence electrons. The van der Waals surface area contributed by atoms with Gasteiger partial charge < -0.3 is 10.3 Å². The van der Waals surface area contributed by atoms with Gasteiger partial charge in [0.1, 0.15) is 5.82 Å². The first-order chi connectivity index (χ1) is 8.61. The van der Waals surface area contributed by atoms with Gasteiger partial charge in [0.15, 0.2) is 0 Å². The molecule has 3 nitrogen and oxygen atoms in total. The second-order valence-corrected chi connectivity index (χ2v) is 6.39. The highest BCUT2D eigenvalue weighted by molar-refractivity contribution is 4.96. The fraction of sp³-hybridized carbons (Fsp3) is 0.800. The van der Waals surface area contributed by atoms with Crippen LogP contribution in [0.1, 0.15) is 71.2 Å². The van der Waals surface area contributed by atoms with Crippen molar-refractivity contribution in [1.29, 1.82) is 0 Å². The lowest BCUT2D eigenvalue weighted by molar-refractivity contribution is 0.305. The fourth-order valence-electron chi connectivity index (χ4n) is 2.97. The van der Waals surface area contributed by atoms with E-state index >= 15 is 0 Å². The van der Waals surface area contributed by atoms with Crippen LogP contribution in [0.2, 0.25) is 0 Å². The van der Waals surface area contributed by atoms with Crippen LogP contribution in [-0.2, 0) is 0 Å². The van der Waals surface area contributed by atoms with Crippen LogP contribution in [0.3, 0.4) is 0 Å². The molecule has 0 bridgehead atoms. The first kappa shape index (κ1) is 13.6. The Morgan fingerprint density at radius 2 is 2.28 bits per heavy atom. The summed E-state index contributed by atoms with van der Waals surface area (Å²) in [5.74, 6) is 1.08. The number of rotatable bonds is 4. The summed E-state index contributed by atoms with van der Waals surface area (Å²) in [6.45, 7) is 7.03. The van der Waals surface area contributed by atoms with Crippen molar-refractivity contribution in [2.75, 3.05) is 0 Å². The Kier molecular flexibility index (Phi) is 4.44. The number of nitrogens with one attached hydrogen (secondary N) is 2. The minimum absolute atomic E-state index is 0.381. The van der Waals surface area contributed by atoms with E-state index in [9.17, 15) is 0 Å². The zero-order chi connectivity index (χ0) is 13.0. The summed E-state index contributed by atoms with van der Waals surface area (Å²) in [7, 11) is 0. The summed E-state index contributed by atoms with van der Waals surface area (Å²) in [5.41, 5.74) is 0.531. The van der Waals surface area contributed by atoms with E-state index in [2.05, 4.69) is 36.1 Å². The summed E-state index contributed by atoms with van der Waals surface area (Å²) in [6.07, 6.45) is 11.5. The van der Waals surface area contributed by atoms with Crippen molar-refractivity contribution in [3.05, 3.63) is 18.2 Å². The van der Waals surface area contributed by atoms with Crippen LogP contribution in [0.5, 0.6) is 0 Å². The van der Waals surface area contributed by atoms with Crippen molar-refractivity contribution in [3.63, 3.8) is 0 Å². The van der Waals surface area contributed by atoms with Gasteiger partial charge in [-0.15, -0.1) is 0 Å². The predicted octanol–water partition coefficient (Wildman–Crippen LogP) is 3.81. The molecule has 2 N–H and O–H groups in total. The molecule has 1 aliphatic carbocycles. The third-order valence-electron chi connectivity index (χ3n) is 4.27. The SMILES string of the molecule is CCC(NC1CCCC(C)(C)CC1)c1ncc[nH]1. The van der Waals surface area contributed by atoms with Gasteiger partial charge in [-0.1, -0.05) is 27.2 Å². The van der Waals surface area contributed by atoms with E-state index in [0.29, 0.717) is 17.5 Å². The van der Waals surface area contributed by atoms with E-state index in [4.69, 9.17) is 0 Å². The maximum Gasteiger partial charge on any atom is 0.123 e. The van der Waals surface area contributed by atoms with Crippen molar-refractivity contribution in [3.8, 4) is 0 Å². The average Bonchev–Trinajstić information content (AvgIpc) is 2.80. The topological polar surface area (TPSA) is 40.7 Å². The van der Waals surface area contributed by atoms with Gasteiger partial charge >= 0.3 is 0 Å². The summed E-state index contributed by atoms with van der Waals surface area (Å²) in [6, 6.07) is 1.04. The lowest BCUT2D eigenvalue weighted by Gasteiger charge is -2.24. The zero-order valence-electron chi connectivity index (χ0n) is 12.0. The van der Waals surface area contributed by atoms with Crippen LogP contribution in [0.15, 0.2) is 12.4 Å². The van der Waals surface area contributed by atoms with Gasteiger partial charge in [0.2, 0.25) is 0 Å². The van der Waals surface area contributed by atoms with E-state index in [1.165, 1.54) is 32.1 Å². The van der Waals surface area contributed by atoms with Crippen LogP contribution >= 0.6 is 0 Å². The number of hydrogen-bond donors (Lipinski definition) is 2. The molecule has 0 aliphatic heterocycles. The van der Waals surface area contributed by atoms with E-state index in [0.717, 1.165) is 12.2 Å². The van der Waals surface area contributed by atoms with Crippen molar-refractivity contribution in [2.24, 2.45) is 5.41 Å². The lowest BCUT2D eigenvalue weighted by atomic mass is 9.85. The molecular formula is C15H27N3. The Morgan fingerprint density at radius 3 is 2.94 bits per heavy atom.